The molecule has 0 amide bonds. The molecular weight excluding hydrogens is 312 g/mol. The Labute approximate surface area is 151 Å². The van der Waals surface area contributed by atoms with Crippen LogP contribution in [0, 0.1) is 0 Å². The number of benzene rings is 1. The van der Waals surface area contributed by atoms with Gasteiger partial charge in [-0.25, -0.2) is 4.68 Å². The molecule has 3 rings (SSSR count). The standard InChI is InChI=1S/C20H30N4O/c1-14(2)19-17(20(25-5)24(4)22-19)13-21-12-15-10-11-23(3)18-9-7-6-8-16(15)18/h6-9,14-15,21H,10-13H2,1-5H3/t15-/m0/s1. The molecule has 2 aromatic rings. The molecule has 1 N–H and O–H groups in total. The van der Waals surface area contributed by atoms with Gasteiger partial charge < -0.3 is 15.0 Å². The number of fused-ring (bicyclic) bond motifs is 1. The first-order chi connectivity index (χ1) is 12.0. The minimum Gasteiger partial charge on any atom is -0.481 e. The van der Waals surface area contributed by atoms with Crippen molar-refractivity contribution in [3.8, 4) is 5.88 Å². The van der Waals surface area contributed by atoms with Crippen LogP contribution in [0.25, 0.3) is 0 Å². The van der Waals surface area contributed by atoms with E-state index < -0.39 is 0 Å². The highest BCUT2D eigenvalue weighted by atomic mass is 16.5. The number of aromatic nitrogens is 2. The first-order valence-electron chi connectivity index (χ1n) is 9.13. The molecular formula is C20H30N4O. The molecule has 0 unspecified atom stereocenters. The van der Waals surface area contributed by atoms with Crippen LogP contribution in [0.15, 0.2) is 24.3 Å². The van der Waals surface area contributed by atoms with E-state index in [-0.39, 0.29) is 0 Å². The zero-order valence-electron chi connectivity index (χ0n) is 16.0. The highest BCUT2D eigenvalue weighted by molar-refractivity contribution is 5.56. The van der Waals surface area contributed by atoms with Crippen molar-refractivity contribution >= 4 is 5.69 Å². The maximum absolute atomic E-state index is 5.57. The van der Waals surface area contributed by atoms with Crippen molar-refractivity contribution in [3.05, 3.63) is 41.1 Å². The Bertz CT molecular complexity index is 722. The second kappa shape index (κ2) is 7.48. The lowest BCUT2D eigenvalue weighted by molar-refractivity contribution is 0.367. The summed E-state index contributed by atoms with van der Waals surface area (Å²) < 4.78 is 7.42. The molecule has 136 valence electrons. The van der Waals surface area contributed by atoms with Crippen LogP contribution < -0.4 is 15.0 Å². The first kappa shape index (κ1) is 17.8. The van der Waals surface area contributed by atoms with Gasteiger partial charge in [-0.3, -0.25) is 0 Å². The molecule has 0 radical (unpaired) electrons. The van der Waals surface area contributed by atoms with Crippen molar-refractivity contribution in [2.24, 2.45) is 7.05 Å². The maximum Gasteiger partial charge on any atom is 0.216 e. The SMILES string of the molecule is COc1c(CNC[C@@H]2CCN(C)c3ccccc32)c(C(C)C)nn1C. The van der Waals surface area contributed by atoms with E-state index in [1.807, 2.05) is 11.7 Å². The molecule has 1 aliphatic rings. The number of hydrogen-bond donors (Lipinski definition) is 1. The summed E-state index contributed by atoms with van der Waals surface area (Å²) in [6.07, 6.45) is 1.18. The summed E-state index contributed by atoms with van der Waals surface area (Å²) in [6, 6.07) is 8.76. The predicted molar refractivity (Wildman–Crippen MR) is 103 cm³/mol. The van der Waals surface area contributed by atoms with Crippen LogP contribution in [0.5, 0.6) is 5.88 Å². The van der Waals surface area contributed by atoms with Gasteiger partial charge >= 0.3 is 0 Å². The fourth-order valence-electron chi connectivity index (χ4n) is 3.85. The Morgan fingerprint density at radius 1 is 1.28 bits per heavy atom. The summed E-state index contributed by atoms with van der Waals surface area (Å²) in [5.41, 5.74) is 5.12. The van der Waals surface area contributed by atoms with Gasteiger partial charge in [0.1, 0.15) is 0 Å². The lowest BCUT2D eigenvalue weighted by atomic mass is 9.90. The van der Waals surface area contributed by atoms with Crippen molar-refractivity contribution in [1.29, 1.82) is 0 Å². The van der Waals surface area contributed by atoms with Crippen molar-refractivity contribution < 1.29 is 4.74 Å². The van der Waals surface area contributed by atoms with Gasteiger partial charge in [0.15, 0.2) is 0 Å². The second-order valence-corrected chi connectivity index (χ2v) is 7.25. The van der Waals surface area contributed by atoms with Gasteiger partial charge in [0.25, 0.3) is 0 Å². The topological polar surface area (TPSA) is 42.3 Å². The number of aryl methyl sites for hydroxylation is 1. The van der Waals surface area contributed by atoms with E-state index in [0.717, 1.165) is 31.2 Å². The average molecular weight is 342 g/mol. The molecule has 2 heterocycles. The van der Waals surface area contributed by atoms with E-state index in [1.54, 1.807) is 7.11 Å². The zero-order chi connectivity index (χ0) is 18.0. The molecule has 0 fully saturated rings. The van der Waals surface area contributed by atoms with Crippen LogP contribution in [0.2, 0.25) is 0 Å². The predicted octanol–water partition coefficient (Wildman–Crippen LogP) is 3.27. The number of nitrogens with zero attached hydrogens (tertiary/aromatic N) is 3. The normalized spacial score (nSPS) is 17.0. The zero-order valence-corrected chi connectivity index (χ0v) is 16.0. The van der Waals surface area contributed by atoms with Crippen molar-refractivity contribution in [3.63, 3.8) is 0 Å². The summed E-state index contributed by atoms with van der Waals surface area (Å²) in [7, 11) is 5.84. The quantitative estimate of drug-likeness (QED) is 0.875. The summed E-state index contributed by atoms with van der Waals surface area (Å²) in [4.78, 5) is 2.35. The van der Waals surface area contributed by atoms with Crippen LogP contribution in [-0.2, 0) is 13.6 Å². The summed E-state index contributed by atoms with van der Waals surface area (Å²) in [6.45, 7) is 7.23. The molecule has 1 aliphatic heterocycles. The van der Waals surface area contributed by atoms with E-state index in [4.69, 9.17) is 4.74 Å². The number of methoxy groups -OCH3 is 1. The Morgan fingerprint density at radius 2 is 2.04 bits per heavy atom. The number of para-hydroxylation sites is 1. The molecule has 25 heavy (non-hydrogen) atoms. The fraction of sp³-hybridized carbons (Fsp3) is 0.550. The minimum atomic E-state index is 0.385. The molecule has 1 aromatic heterocycles. The summed E-state index contributed by atoms with van der Waals surface area (Å²) >= 11 is 0. The molecule has 1 aromatic carbocycles. The fourth-order valence-corrected chi connectivity index (χ4v) is 3.85. The van der Waals surface area contributed by atoms with E-state index in [1.165, 1.54) is 23.2 Å². The summed E-state index contributed by atoms with van der Waals surface area (Å²) in [5.74, 6) is 1.80. The van der Waals surface area contributed by atoms with Gasteiger partial charge in [-0.15, -0.1) is 0 Å². The Hall–Kier alpha value is -2.01. The average Bonchev–Trinajstić information content (AvgIpc) is 2.93. The molecule has 5 nitrogen and oxygen atoms in total. The van der Waals surface area contributed by atoms with Gasteiger partial charge in [-0.2, -0.15) is 5.10 Å². The number of anilines is 1. The van der Waals surface area contributed by atoms with Crippen molar-refractivity contribution in [2.45, 2.75) is 38.6 Å². The van der Waals surface area contributed by atoms with Gasteiger partial charge in [-0.1, -0.05) is 32.0 Å². The van der Waals surface area contributed by atoms with Gasteiger partial charge in [0, 0.05) is 45.3 Å². The summed E-state index contributed by atoms with van der Waals surface area (Å²) in [5, 5.41) is 8.30. The molecule has 0 bridgehead atoms. The molecule has 1 atom stereocenters. The Morgan fingerprint density at radius 3 is 2.76 bits per heavy atom. The first-order valence-corrected chi connectivity index (χ1v) is 9.13. The third-order valence-corrected chi connectivity index (χ3v) is 5.15. The molecule has 0 spiro atoms. The van der Waals surface area contributed by atoms with Gasteiger partial charge in [0.05, 0.1) is 18.4 Å². The molecule has 0 saturated carbocycles. The Balaban J connectivity index is 1.71. The van der Waals surface area contributed by atoms with Crippen molar-refractivity contribution in [2.75, 3.05) is 32.1 Å². The Kier molecular flexibility index (Phi) is 5.33. The lowest BCUT2D eigenvalue weighted by Gasteiger charge is -2.33. The van der Waals surface area contributed by atoms with Gasteiger partial charge in [0.2, 0.25) is 5.88 Å². The van der Waals surface area contributed by atoms with Crippen LogP contribution in [0.1, 0.15) is 48.9 Å². The minimum absolute atomic E-state index is 0.385. The molecule has 5 heteroatoms. The number of ether oxygens (including phenoxy) is 1. The van der Waals surface area contributed by atoms with Crippen LogP contribution in [-0.4, -0.2) is 37.0 Å². The van der Waals surface area contributed by atoms with E-state index in [0.29, 0.717) is 11.8 Å². The van der Waals surface area contributed by atoms with Crippen LogP contribution in [0.4, 0.5) is 5.69 Å². The largest absolute Gasteiger partial charge is 0.481 e. The molecule has 0 saturated heterocycles. The number of nitrogens with one attached hydrogen (secondary N) is 1. The smallest absolute Gasteiger partial charge is 0.216 e. The number of rotatable bonds is 6. The third kappa shape index (κ3) is 3.52. The third-order valence-electron chi connectivity index (χ3n) is 5.15. The highest BCUT2D eigenvalue weighted by Crippen LogP contribution is 2.34. The van der Waals surface area contributed by atoms with E-state index >= 15 is 0 Å². The molecule has 0 aliphatic carbocycles. The van der Waals surface area contributed by atoms with E-state index in [2.05, 4.69) is 60.5 Å². The number of hydrogen-bond acceptors (Lipinski definition) is 4. The van der Waals surface area contributed by atoms with Gasteiger partial charge in [-0.05, 0) is 24.0 Å². The van der Waals surface area contributed by atoms with E-state index in [9.17, 15) is 0 Å². The second-order valence-electron chi connectivity index (χ2n) is 7.25. The maximum atomic E-state index is 5.57. The lowest BCUT2D eigenvalue weighted by Crippen LogP contribution is -2.32. The van der Waals surface area contributed by atoms with Crippen LogP contribution >= 0.6 is 0 Å². The monoisotopic (exact) mass is 342 g/mol. The van der Waals surface area contributed by atoms with Crippen LogP contribution in [0.3, 0.4) is 0 Å². The highest BCUT2D eigenvalue weighted by Gasteiger charge is 2.23. The van der Waals surface area contributed by atoms with Crippen molar-refractivity contribution in [1.82, 2.24) is 15.1 Å².